The van der Waals surface area contributed by atoms with Gasteiger partial charge in [0, 0.05) is 32.7 Å². The maximum Gasteiger partial charge on any atom is 0.321 e. The number of nitrogens with one attached hydrogen (secondary N) is 2. The van der Waals surface area contributed by atoms with Crippen LogP contribution in [0.1, 0.15) is 18.1 Å². The highest BCUT2D eigenvalue weighted by Gasteiger charge is 2.30. The van der Waals surface area contributed by atoms with Gasteiger partial charge in [0.2, 0.25) is 15.9 Å². The van der Waals surface area contributed by atoms with Crippen molar-refractivity contribution in [3.63, 3.8) is 0 Å². The number of rotatable bonds is 5. The molecule has 1 aromatic rings. The first-order valence-electron chi connectivity index (χ1n) is 8.61. The van der Waals surface area contributed by atoms with Crippen LogP contribution in [0.25, 0.3) is 0 Å². The molecule has 1 fully saturated rings. The molecule has 1 aliphatic heterocycles. The molecule has 2 N–H and O–H groups in total. The molecule has 3 amide bonds. The fraction of sp³-hybridized carbons (Fsp3) is 0.529. The Hall–Kier alpha value is -1.97. The minimum Gasteiger partial charge on any atom is -0.338 e. The van der Waals surface area contributed by atoms with Crippen molar-refractivity contribution < 1.29 is 18.0 Å². The lowest BCUT2D eigenvalue weighted by molar-refractivity contribution is -0.121. The number of carbonyl (C=O) groups is 2. The Bertz CT molecular complexity index is 771. The highest BCUT2D eigenvalue weighted by atomic mass is 32.2. The smallest absolute Gasteiger partial charge is 0.321 e. The van der Waals surface area contributed by atoms with Gasteiger partial charge in [-0.15, -0.1) is 0 Å². The number of hydrogen-bond acceptors (Lipinski definition) is 5. The molecule has 26 heavy (non-hydrogen) atoms. The largest absolute Gasteiger partial charge is 0.338 e. The Balaban J connectivity index is 1.93. The molecule has 8 nitrogen and oxygen atoms in total. The van der Waals surface area contributed by atoms with Gasteiger partial charge in [0.15, 0.2) is 0 Å². The number of nitrogens with zero attached hydrogens (tertiary/aromatic N) is 2. The van der Waals surface area contributed by atoms with Crippen LogP contribution in [0.3, 0.4) is 0 Å². The maximum absolute atomic E-state index is 12.8. The van der Waals surface area contributed by atoms with E-state index >= 15 is 0 Å². The summed E-state index contributed by atoms with van der Waals surface area (Å²) in [6.45, 7) is 7.48. The van der Waals surface area contributed by atoms with Crippen LogP contribution in [0.2, 0.25) is 0 Å². The van der Waals surface area contributed by atoms with Crippen molar-refractivity contribution in [1.29, 1.82) is 0 Å². The predicted molar refractivity (Wildman–Crippen MR) is 98.3 cm³/mol. The minimum absolute atomic E-state index is 0.0641. The van der Waals surface area contributed by atoms with Gasteiger partial charge in [0.05, 0.1) is 11.4 Å². The van der Waals surface area contributed by atoms with Crippen molar-refractivity contribution in [1.82, 2.24) is 19.8 Å². The van der Waals surface area contributed by atoms with Gasteiger partial charge in [0.1, 0.15) is 0 Å². The molecule has 9 heteroatoms. The van der Waals surface area contributed by atoms with E-state index in [-0.39, 0.29) is 6.54 Å². The van der Waals surface area contributed by atoms with E-state index in [2.05, 4.69) is 10.6 Å². The van der Waals surface area contributed by atoms with E-state index in [0.29, 0.717) is 37.6 Å². The van der Waals surface area contributed by atoms with E-state index in [4.69, 9.17) is 0 Å². The summed E-state index contributed by atoms with van der Waals surface area (Å²) >= 11 is 0. The van der Waals surface area contributed by atoms with Gasteiger partial charge in [-0.25, -0.2) is 13.2 Å². The highest BCUT2D eigenvalue weighted by molar-refractivity contribution is 7.89. The number of imide groups is 1. The van der Waals surface area contributed by atoms with Gasteiger partial charge >= 0.3 is 6.03 Å². The lowest BCUT2D eigenvalue weighted by Gasteiger charge is -2.33. The fourth-order valence-electron chi connectivity index (χ4n) is 2.93. The van der Waals surface area contributed by atoms with Gasteiger partial charge in [0.25, 0.3) is 0 Å². The lowest BCUT2D eigenvalue weighted by atomic mass is 10.2. The van der Waals surface area contributed by atoms with Crippen molar-refractivity contribution in [2.24, 2.45) is 0 Å². The fourth-order valence-corrected chi connectivity index (χ4v) is 4.56. The van der Waals surface area contributed by atoms with Crippen LogP contribution in [-0.2, 0) is 14.8 Å². The van der Waals surface area contributed by atoms with E-state index in [1.807, 2.05) is 17.9 Å². The van der Waals surface area contributed by atoms with Crippen LogP contribution in [0.5, 0.6) is 0 Å². The Labute approximate surface area is 154 Å². The summed E-state index contributed by atoms with van der Waals surface area (Å²) in [7, 11) is -3.55. The number of piperazine rings is 1. The van der Waals surface area contributed by atoms with E-state index in [1.54, 1.807) is 26.0 Å². The predicted octanol–water partition coefficient (Wildman–Crippen LogP) is 0.455. The molecule has 144 valence electrons. The van der Waals surface area contributed by atoms with Gasteiger partial charge < -0.3 is 5.32 Å². The second-order valence-corrected chi connectivity index (χ2v) is 8.26. The van der Waals surface area contributed by atoms with Gasteiger partial charge in [-0.2, -0.15) is 4.31 Å². The number of carbonyl (C=O) groups excluding carboxylic acids is 2. The third kappa shape index (κ3) is 5.03. The summed E-state index contributed by atoms with van der Waals surface area (Å²) in [6.07, 6.45) is 0. The van der Waals surface area contributed by atoms with Crippen LogP contribution < -0.4 is 10.6 Å². The summed E-state index contributed by atoms with van der Waals surface area (Å²) in [5.74, 6) is -0.401. The summed E-state index contributed by atoms with van der Waals surface area (Å²) in [6, 6.07) is 4.77. The number of benzene rings is 1. The molecule has 0 bridgehead atoms. The minimum atomic E-state index is -3.55. The average Bonchev–Trinajstić information content (AvgIpc) is 2.55. The van der Waals surface area contributed by atoms with Gasteiger partial charge in [-0.1, -0.05) is 17.7 Å². The molecule has 2 rings (SSSR count). The van der Waals surface area contributed by atoms with Crippen molar-refractivity contribution in [3.05, 3.63) is 29.3 Å². The Morgan fingerprint density at radius 1 is 1.12 bits per heavy atom. The van der Waals surface area contributed by atoms with Crippen molar-refractivity contribution in [2.45, 2.75) is 25.7 Å². The second-order valence-electron chi connectivity index (χ2n) is 6.36. The quantitative estimate of drug-likeness (QED) is 0.771. The zero-order valence-corrected chi connectivity index (χ0v) is 16.2. The number of urea groups is 1. The first-order valence-corrected chi connectivity index (χ1v) is 10.1. The molecule has 0 atom stereocenters. The Kier molecular flexibility index (Phi) is 6.74. The summed E-state index contributed by atoms with van der Waals surface area (Å²) in [4.78, 5) is 25.3. The molecule has 1 aromatic carbocycles. The summed E-state index contributed by atoms with van der Waals surface area (Å²) < 4.78 is 27.1. The number of hydrogen-bond donors (Lipinski definition) is 2. The third-order valence-corrected chi connectivity index (χ3v) is 6.30. The Morgan fingerprint density at radius 2 is 1.77 bits per heavy atom. The molecule has 0 unspecified atom stereocenters. The van der Waals surface area contributed by atoms with Crippen LogP contribution >= 0.6 is 0 Å². The van der Waals surface area contributed by atoms with Crippen molar-refractivity contribution >= 4 is 22.0 Å². The first-order chi connectivity index (χ1) is 12.2. The van der Waals surface area contributed by atoms with Crippen molar-refractivity contribution in [3.8, 4) is 0 Å². The molecule has 0 radical (unpaired) electrons. The highest BCUT2D eigenvalue weighted by Crippen LogP contribution is 2.22. The van der Waals surface area contributed by atoms with E-state index in [1.165, 1.54) is 4.31 Å². The number of sulfonamides is 1. The average molecular weight is 382 g/mol. The maximum atomic E-state index is 12.8. The summed E-state index contributed by atoms with van der Waals surface area (Å²) in [5, 5.41) is 4.74. The molecule has 0 aliphatic carbocycles. The Morgan fingerprint density at radius 3 is 2.35 bits per heavy atom. The zero-order valence-electron chi connectivity index (χ0n) is 15.4. The van der Waals surface area contributed by atoms with E-state index in [0.717, 1.165) is 11.1 Å². The molecule has 0 aromatic heterocycles. The SMILES string of the molecule is CCNC(=O)NC(=O)CN1CCN(S(=O)(=O)c2ccc(C)cc2C)CC1. The van der Waals surface area contributed by atoms with Crippen molar-refractivity contribution in [2.75, 3.05) is 39.3 Å². The molecule has 1 saturated heterocycles. The van der Waals surface area contributed by atoms with Gasteiger partial charge in [-0.3, -0.25) is 15.0 Å². The van der Waals surface area contributed by atoms with Crippen LogP contribution in [-0.4, -0.2) is 68.8 Å². The van der Waals surface area contributed by atoms with Gasteiger partial charge in [-0.05, 0) is 32.4 Å². The lowest BCUT2D eigenvalue weighted by Crippen LogP contribution is -2.52. The van der Waals surface area contributed by atoms with E-state index in [9.17, 15) is 18.0 Å². The molecule has 1 heterocycles. The standard InChI is InChI=1S/C17H26N4O4S/c1-4-18-17(23)19-16(22)12-20-7-9-21(10-8-20)26(24,25)15-6-5-13(2)11-14(15)3/h5-6,11H,4,7-10,12H2,1-3H3,(H2,18,19,22,23). The second kappa shape index (κ2) is 8.61. The molecule has 0 saturated carbocycles. The third-order valence-electron chi connectivity index (χ3n) is 4.24. The first kappa shape index (κ1) is 20.3. The van der Waals surface area contributed by atoms with Crippen LogP contribution in [0.4, 0.5) is 4.79 Å². The normalized spacial score (nSPS) is 16.3. The zero-order chi connectivity index (χ0) is 19.3. The van der Waals surface area contributed by atoms with Crippen LogP contribution in [0.15, 0.2) is 23.1 Å². The molecular weight excluding hydrogens is 356 g/mol. The topological polar surface area (TPSA) is 98.8 Å². The van der Waals surface area contributed by atoms with E-state index < -0.39 is 22.0 Å². The molecular formula is C17H26N4O4S. The summed E-state index contributed by atoms with van der Waals surface area (Å²) in [5.41, 5.74) is 1.75. The number of amides is 3. The van der Waals surface area contributed by atoms with Crippen LogP contribution in [0, 0.1) is 13.8 Å². The monoisotopic (exact) mass is 382 g/mol. The molecule has 0 spiro atoms. The number of aryl methyl sites for hydroxylation is 2. The molecule has 1 aliphatic rings.